The van der Waals surface area contributed by atoms with Crippen LogP contribution in [0.1, 0.15) is 11.1 Å². The van der Waals surface area contributed by atoms with E-state index in [4.69, 9.17) is 0 Å². The minimum Gasteiger partial charge on any atom is -0.353 e. The highest BCUT2D eigenvalue weighted by Crippen LogP contribution is 2.19. The second-order valence-corrected chi connectivity index (χ2v) is 7.25. The van der Waals surface area contributed by atoms with Gasteiger partial charge in [0.25, 0.3) is 5.56 Å². The van der Waals surface area contributed by atoms with E-state index in [0.717, 1.165) is 33.2 Å². The molecule has 0 bridgehead atoms. The zero-order valence-corrected chi connectivity index (χ0v) is 15.6. The Bertz CT molecular complexity index is 1560. The second-order valence-electron chi connectivity index (χ2n) is 7.25. The minimum atomic E-state index is -0.308. The van der Waals surface area contributed by atoms with Gasteiger partial charge in [0.05, 0.1) is 16.4 Å². The predicted molar refractivity (Wildman–Crippen MR) is 112 cm³/mol. The molecule has 0 amide bonds. The molecule has 1 aliphatic carbocycles. The molecule has 2 aliphatic rings. The van der Waals surface area contributed by atoms with E-state index in [1.807, 2.05) is 74.5 Å². The molecule has 0 fully saturated rings. The van der Waals surface area contributed by atoms with Crippen LogP contribution in [0.2, 0.25) is 0 Å². The van der Waals surface area contributed by atoms with Crippen LogP contribution in [-0.2, 0) is 0 Å². The molecular weight excluding hydrogens is 348 g/mol. The molecule has 0 spiro atoms. The lowest BCUT2D eigenvalue weighted by molar-refractivity contribution is 1.03. The van der Waals surface area contributed by atoms with Crippen molar-refractivity contribution in [2.24, 2.45) is 0 Å². The van der Waals surface area contributed by atoms with Crippen LogP contribution in [0.5, 0.6) is 0 Å². The Hall–Kier alpha value is -3.66. The number of benzene rings is 3. The number of hydrogen-bond donors (Lipinski definition) is 1. The number of aromatic amines is 1. The molecule has 0 atom stereocenters. The first-order valence-corrected chi connectivity index (χ1v) is 9.22. The summed E-state index contributed by atoms with van der Waals surface area (Å²) in [6, 6.07) is 21.0. The third-order valence-electron chi connectivity index (χ3n) is 5.28. The van der Waals surface area contributed by atoms with E-state index in [1.54, 1.807) is 10.6 Å². The lowest BCUT2D eigenvalue weighted by Crippen LogP contribution is -2.21. The second kappa shape index (κ2) is 5.92. The lowest BCUT2D eigenvalue weighted by Gasteiger charge is -2.08. The molecule has 136 valence electrons. The summed E-state index contributed by atoms with van der Waals surface area (Å²) in [5.74, 6) is 0. The molecule has 0 unspecified atom stereocenters. The molecule has 28 heavy (non-hydrogen) atoms. The molecule has 1 aliphatic heterocycles. The van der Waals surface area contributed by atoms with E-state index in [1.165, 1.54) is 0 Å². The number of fused-ring (bicyclic) bond motifs is 3. The minimum absolute atomic E-state index is 0.190. The third kappa shape index (κ3) is 2.31. The first kappa shape index (κ1) is 16.5. The number of rotatable bonds is 1. The van der Waals surface area contributed by atoms with Gasteiger partial charge >= 0.3 is 0 Å². The van der Waals surface area contributed by atoms with Crippen molar-refractivity contribution in [1.29, 1.82) is 0 Å². The van der Waals surface area contributed by atoms with E-state index >= 15 is 0 Å². The molecule has 5 rings (SSSR count). The van der Waals surface area contributed by atoms with Crippen molar-refractivity contribution in [3.63, 3.8) is 0 Å². The van der Waals surface area contributed by atoms with Gasteiger partial charge in [-0.1, -0.05) is 48.0 Å². The van der Waals surface area contributed by atoms with Gasteiger partial charge in [-0.05, 0) is 43.7 Å². The highest BCUT2D eigenvalue weighted by molar-refractivity contribution is 5.85. The van der Waals surface area contributed by atoms with Gasteiger partial charge in [-0.25, -0.2) is 0 Å². The Morgan fingerprint density at radius 1 is 0.786 bits per heavy atom. The van der Waals surface area contributed by atoms with Crippen molar-refractivity contribution in [1.82, 2.24) is 9.55 Å². The van der Waals surface area contributed by atoms with E-state index in [-0.39, 0.29) is 16.2 Å². The van der Waals surface area contributed by atoms with Gasteiger partial charge < -0.3 is 4.98 Å². The molecule has 3 aromatic rings. The van der Waals surface area contributed by atoms with Crippen molar-refractivity contribution in [3.8, 4) is 5.69 Å². The smallest absolute Gasteiger partial charge is 0.269 e. The fraction of sp³-hybridized carbons (Fsp3) is 0.0833. The van der Waals surface area contributed by atoms with Crippen LogP contribution in [0.3, 0.4) is 0 Å². The highest BCUT2D eigenvalue weighted by atomic mass is 16.1. The van der Waals surface area contributed by atoms with Crippen LogP contribution in [-0.4, -0.2) is 9.55 Å². The zero-order chi connectivity index (χ0) is 19.4. The average Bonchev–Trinajstić information content (AvgIpc) is 2.90. The molecule has 0 radical (unpaired) electrons. The summed E-state index contributed by atoms with van der Waals surface area (Å²) in [6.07, 6.45) is 0. The van der Waals surface area contributed by atoms with Crippen molar-refractivity contribution in [3.05, 3.63) is 109 Å². The molecule has 0 saturated carbocycles. The van der Waals surface area contributed by atoms with Crippen LogP contribution in [0.15, 0.2) is 76.3 Å². The molecule has 3 aromatic carbocycles. The number of nitrogens with one attached hydrogen (secondary N) is 1. The van der Waals surface area contributed by atoms with Gasteiger partial charge in [-0.15, -0.1) is 0 Å². The highest BCUT2D eigenvalue weighted by Gasteiger charge is 2.14. The van der Waals surface area contributed by atoms with Gasteiger partial charge in [0, 0.05) is 16.5 Å². The molecule has 4 heteroatoms. The van der Waals surface area contributed by atoms with Crippen LogP contribution in [0, 0.1) is 24.4 Å². The normalized spacial score (nSPS) is 11.5. The third-order valence-corrected chi connectivity index (χ3v) is 5.28. The average molecular weight is 366 g/mol. The number of nitrogens with zero attached hydrogens (tertiary/aromatic N) is 1. The molecule has 4 nitrogen and oxygen atoms in total. The number of hydrogen-bond acceptors (Lipinski definition) is 2. The molecule has 0 aromatic heterocycles. The fourth-order valence-electron chi connectivity index (χ4n) is 3.85. The van der Waals surface area contributed by atoms with Crippen molar-refractivity contribution in [2.45, 2.75) is 13.8 Å². The Balaban J connectivity index is 2.14. The summed E-state index contributed by atoms with van der Waals surface area (Å²) in [5, 5.41) is 2.11. The predicted octanol–water partition coefficient (Wildman–Crippen LogP) is 4.17. The SMILES string of the molecule is Cc1ccc(-n2c(=O)c3c(=O)c4ccccc4c=3[nH]c3ccc(C)cc32)cc1. The van der Waals surface area contributed by atoms with E-state index in [2.05, 4.69) is 4.98 Å². The number of aromatic nitrogens is 2. The van der Waals surface area contributed by atoms with E-state index < -0.39 is 0 Å². The van der Waals surface area contributed by atoms with Crippen LogP contribution >= 0.6 is 0 Å². The van der Waals surface area contributed by atoms with E-state index in [0.29, 0.717) is 10.7 Å². The molecule has 1 N–H and O–H groups in total. The van der Waals surface area contributed by atoms with E-state index in [9.17, 15) is 9.59 Å². The van der Waals surface area contributed by atoms with Crippen molar-refractivity contribution >= 4 is 21.8 Å². The Morgan fingerprint density at radius 3 is 2.21 bits per heavy atom. The summed E-state index contributed by atoms with van der Waals surface area (Å²) >= 11 is 0. The van der Waals surface area contributed by atoms with Crippen molar-refractivity contribution < 1.29 is 0 Å². The maximum Gasteiger partial charge on any atom is 0.269 e. The summed E-state index contributed by atoms with van der Waals surface area (Å²) < 4.78 is 1.64. The first-order valence-electron chi connectivity index (χ1n) is 9.22. The maximum absolute atomic E-state index is 13.7. The van der Waals surface area contributed by atoms with Crippen LogP contribution < -0.4 is 11.0 Å². The van der Waals surface area contributed by atoms with Gasteiger partial charge in [0.1, 0.15) is 5.22 Å². The zero-order valence-electron chi connectivity index (χ0n) is 15.6. The Labute approximate surface area is 160 Å². The van der Waals surface area contributed by atoms with Gasteiger partial charge in [0.2, 0.25) is 5.43 Å². The fourth-order valence-corrected chi connectivity index (χ4v) is 3.85. The monoisotopic (exact) mass is 366 g/mol. The van der Waals surface area contributed by atoms with Crippen molar-refractivity contribution in [2.75, 3.05) is 0 Å². The maximum atomic E-state index is 13.7. The summed E-state index contributed by atoms with van der Waals surface area (Å²) in [6.45, 7) is 4.00. The van der Waals surface area contributed by atoms with Gasteiger partial charge in [-0.2, -0.15) is 0 Å². The lowest BCUT2D eigenvalue weighted by atomic mass is 10.2. The van der Waals surface area contributed by atoms with Crippen LogP contribution in [0.4, 0.5) is 0 Å². The number of H-pyrrole nitrogens is 1. The number of aryl methyl sites for hydroxylation is 2. The molecular formula is C24H18N2O2. The molecule has 1 heterocycles. The van der Waals surface area contributed by atoms with Gasteiger partial charge in [-0.3, -0.25) is 14.2 Å². The summed E-state index contributed by atoms with van der Waals surface area (Å²) in [7, 11) is 0. The Kier molecular flexibility index (Phi) is 3.49. The summed E-state index contributed by atoms with van der Waals surface area (Å²) in [4.78, 5) is 30.1. The first-order chi connectivity index (χ1) is 13.5. The van der Waals surface area contributed by atoms with Gasteiger partial charge in [0.15, 0.2) is 0 Å². The topological polar surface area (TPSA) is 54.9 Å². The summed E-state index contributed by atoms with van der Waals surface area (Å²) in [5.41, 5.74) is 3.89. The quantitative estimate of drug-likeness (QED) is 0.484. The standard InChI is InChI=1S/C24H18N2O2/c1-14-7-10-16(11-8-14)26-20-13-15(2)9-12-19(20)25-22-17-5-3-4-6-18(17)23(27)21(22)24(26)28/h3-13,25H,1-2H3. The molecule has 0 saturated heterocycles. The largest absolute Gasteiger partial charge is 0.353 e. The Morgan fingerprint density at radius 2 is 1.46 bits per heavy atom. The van der Waals surface area contributed by atoms with Crippen LogP contribution in [0.25, 0.3) is 27.5 Å².